The Labute approximate surface area is 596 Å². The van der Waals surface area contributed by atoms with Crippen molar-refractivity contribution in [2.75, 3.05) is 58.1 Å². The first kappa shape index (κ1) is 90.7. The van der Waals surface area contributed by atoms with E-state index in [1.807, 2.05) is 82.4 Å². The van der Waals surface area contributed by atoms with E-state index in [9.17, 15) is 36.0 Å². The number of nitrogens with zero attached hydrogens (tertiary/aromatic N) is 8. The van der Waals surface area contributed by atoms with Crippen LogP contribution >= 0.6 is 44.6 Å². The molecule has 29 heteroatoms. The van der Waals surface area contributed by atoms with E-state index >= 15 is 0 Å². The lowest BCUT2D eigenvalue weighted by atomic mass is 10.1. The molecular formula is C68H104Cl4N10O12S3. The Morgan fingerprint density at radius 3 is 1.18 bits per heavy atom. The molecule has 2 aromatic carbocycles. The summed E-state index contributed by atoms with van der Waals surface area (Å²) >= 11 is 11.7. The molecule has 0 aliphatic carbocycles. The molecule has 4 aliphatic heterocycles. The van der Waals surface area contributed by atoms with Crippen molar-refractivity contribution in [1.29, 1.82) is 5.26 Å². The monoisotopic (exact) mass is 1490 g/mol. The van der Waals surface area contributed by atoms with Crippen LogP contribution in [0.5, 0.6) is 0 Å². The number of sulfone groups is 1. The van der Waals surface area contributed by atoms with E-state index < -0.39 is 34.2 Å². The van der Waals surface area contributed by atoms with Gasteiger partial charge in [0.2, 0.25) is 0 Å². The molecule has 0 spiro atoms. The van der Waals surface area contributed by atoms with Gasteiger partial charge in [0.1, 0.15) is 9.79 Å². The van der Waals surface area contributed by atoms with Gasteiger partial charge in [0.05, 0.1) is 34.1 Å². The number of likely N-dealkylation sites (tertiary alicyclic amines) is 3. The first-order valence-electron chi connectivity index (χ1n) is 30.5. The van der Waals surface area contributed by atoms with E-state index in [0.29, 0.717) is 75.7 Å². The molecule has 4 saturated heterocycles. The zero-order valence-electron chi connectivity index (χ0n) is 56.5. The molecule has 0 unspecified atom stereocenters. The van der Waals surface area contributed by atoms with Gasteiger partial charge < -0.3 is 49.1 Å². The summed E-state index contributed by atoms with van der Waals surface area (Å²) in [5.74, 6) is -1.25. The van der Waals surface area contributed by atoms with Gasteiger partial charge in [-0.2, -0.15) is 13.7 Å². The van der Waals surface area contributed by atoms with Gasteiger partial charge in [-0.25, -0.2) is 21.6 Å². The number of amides is 3. The number of aromatic carboxylic acids is 1. The second kappa shape index (κ2) is 40.7. The lowest BCUT2D eigenvalue weighted by molar-refractivity contribution is 0.0693. The number of hydrogen-bond donors (Lipinski definition) is 4. The molecule has 4 fully saturated rings. The fourth-order valence-electron chi connectivity index (χ4n) is 10.7. The van der Waals surface area contributed by atoms with Crippen LogP contribution in [0.25, 0.3) is 0 Å². The number of aryl methyl sites for hydroxylation is 4. The van der Waals surface area contributed by atoms with Crippen LogP contribution in [-0.2, 0) is 62.2 Å². The smallest absolute Gasteiger partial charge is 0.353 e. The van der Waals surface area contributed by atoms with E-state index in [4.69, 9.17) is 63.0 Å². The number of carboxylic acid groups (broad SMARTS) is 1. The average molecular weight is 1490 g/mol. The standard InChI is InChI=1S/C20H25ClN2O3S.C12H17ClN2O3S.C12H18N2O.C8H11NO2.C7H8ClN.C4H9N.C2H3N.3CH4.ClHO3S/c1-13-7-8-17(21)11-16(13)12-27(25,26)19-15(3)22(4)14(2)18(19)20(24)23-9-5-6-10-23;1-8-10(12(16)15-6-4-5-7-15)11(19(13,17)18)9(2)14(8)3;1-9-8-11(10(2)13(9)3)12(15)14-6-4-5-7-14;1-5-4-7(8(10)11)6(2)9(5)3;1-5-2-3-6(8)4-7(5)9;1-2-4-5-3-1;1-2-3;;;;1-5(2,3)4/h7-8,11H,5-6,9-10,12H2,1-4H3;4-7H2,1-3H3;8H,4-7H2,1-3H3;4H,1-3H3,(H,10,11);2-4H,9H2,1H3;5H,1-4H2;1H3;3*1H4;(H,2,3,4). The van der Waals surface area contributed by atoms with Crippen molar-refractivity contribution in [3.8, 4) is 6.07 Å². The predicted molar refractivity (Wildman–Crippen MR) is 394 cm³/mol. The largest absolute Gasteiger partial charge is 0.478 e. The van der Waals surface area contributed by atoms with Gasteiger partial charge in [-0.05, 0) is 187 Å². The summed E-state index contributed by atoms with van der Waals surface area (Å²) < 4.78 is 82.8. The Bertz CT molecular complexity index is 4020. The van der Waals surface area contributed by atoms with Crippen molar-refractivity contribution in [3.05, 3.63) is 143 Å². The number of nitriles is 1. The second-order valence-corrected chi connectivity index (χ2v) is 30.5. The number of hydrogen-bond acceptors (Lipinski definition) is 13. The molecular weight excluding hydrogens is 1390 g/mol. The van der Waals surface area contributed by atoms with Crippen LogP contribution in [0.4, 0.5) is 5.69 Å². The molecule has 544 valence electrons. The molecule has 5 N–H and O–H groups in total. The number of carboxylic acids is 1. The Kier molecular flexibility index (Phi) is 38.0. The van der Waals surface area contributed by atoms with E-state index in [2.05, 4.69) is 20.6 Å². The lowest BCUT2D eigenvalue weighted by Gasteiger charge is -2.17. The maximum absolute atomic E-state index is 13.4. The van der Waals surface area contributed by atoms with Crippen molar-refractivity contribution >= 4 is 102 Å². The number of anilines is 1. The van der Waals surface area contributed by atoms with E-state index in [1.165, 1.54) is 32.9 Å². The summed E-state index contributed by atoms with van der Waals surface area (Å²) in [6, 6.07) is 16.1. The van der Waals surface area contributed by atoms with Gasteiger partial charge >= 0.3 is 15.3 Å². The number of nitrogens with two attached hydrogens (primary N) is 1. The molecule has 97 heavy (non-hydrogen) atoms. The van der Waals surface area contributed by atoms with Gasteiger partial charge in [0, 0.05) is 157 Å². The number of nitrogens with one attached hydrogen (secondary N) is 1. The number of carbonyl (C=O) groups is 4. The number of nitrogen functional groups attached to an aromatic ring is 1. The number of rotatable bonds is 8. The number of aromatic nitrogens is 4. The van der Waals surface area contributed by atoms with Crippen LogP contribution < -0.4 is 11.1 Å². The zero-order chi connectivity index (χ0) is 71.5. The highest BCUT2D eigenvalue weighted by Crippen LogP contribution is 2.33. The van der Waals surface area contributed by atoms with Crippen LogP contribution in [0.2, 0.25) is 10.0 Å². The fraction of sp³-hybridized carbons (Fsp3) is 0.515. The maximum atomic E-state index is 13.4. The summed E-state index contributed by atoms with van der Waals surface area (Å²) in [7, 11) is 5.10. The molecule has 0 bridgehead atoms. The molecule has 3 amide bonds. The Morgan fingerprint density at radius 2 is 0.866 bits per heavy atom. The SMILES string of the molecule is C.C.C.C1CCNC1.CC#N.Cc1c(C(=O)N2CCCC2)c(S(=O)(=O)Cl)c(C)n1C.Cc1cc(C(=O)N2CCCC2)c(C)n1C.Cc1cc(C(=O)O)c(C)n1C.Cc1ccc(Cl)cc1CS(=O)(=O)c1c(C(=O)N2CCCC2)c(C)n(C)c1C.Cc1ccc(Cl)cc1N.O=S(=O)(O)Cl. The van der Waals surface area contributed by atoms with Crippen molar-refractivity contribution in [2.45, 2.75) is 165 Å². The fourth-order valence-corrected chi connectivity index (χ4v) is 14.6. The van der Waals surface area contributed by atoms with Crippen LogP contribution in [0.1, 0.15) is 184 Å². The van der Waals surface area contributed by atoms with Crippen LogP contribution in [0, 0.1) is 80.6 Å². The minimum atomic E-state index is -4.19. The molecule has 6 aromatic rings. The first-order valence-corrected chi connectivity index (χ1v) is 37.4. The topological polar surface area (TPSA) is 302 Å². The third-order valence-corrected chi connectivity index (χ3v) is 20.6. The minimum absolute atomic E-state index is 0. The Morgan fingerprint density at radius 1 is 0.526 bits per heavy atom. The van der Waals surface area contributed by atoms with Crippen molar-refractivity contribution in [2.24, 2.45) is 28.2 Å². The molecule has 0 saturated carbocycles. The molecule has 4 aliphatic rings. The minimum Gasteiger partial charge on any atom is -0.478 e. The highest BCUT2D eigenvalue weighted by molar-refractivity contribution is 8.13. The molecule has 22 nitrogen and oxygen atoms in total. The van der Waals surface area contributed by atoms with Gasteiger partial charge in [-0.15, -0.1) is 0 Å². The van der Waals surface area contributed by atoms with Crippen molar-refractivity contribution < 1.29 is 54.1 Å². The van der Waals surface area contributed by atoms with Gasteiger partial charge in [-0.1, -0.05) is 57.6 Å². The van der Waals surface area contributed by atoms with Crippen molar-refractivity contribution in [3.63, 3.8) is 0 Å². The third-order valence-electron chi connectivity index (χ3n) is 16.9. The predicted octanol–water partition coefficient (Wildman–Crippen LogP) is 13.9. The number of carbonyl (C=O) groups excluding carboxylic acids is 3. The number of halogens is 4. The van der Waals surface area contributed by atoms with E-state index in [-0.39, 0.29) is 61.1 Å². The van der Waals surface area contributed by atoms with Crippen LogP contribution in [-0.4, -0.2) is 144 Å². The normalized spacial score (nSPS) is 13.7. The molecule has 4 aromatic heterocycles. The highest BCUT2D eigenvalue weighted by atomic mass is 35.7. The molecule has 10 rings (SSSR count). The van der Waals surface area contributed by atoms with Gasteiger partial charge in [-0.3, -0.25) is 18.9 Å². The van der Waals surface area contributed by atoms with Crippen LogP contribution in [0.3, 0.4) is 0 Å². The third kappa shape index (κ3) is 26.0. The maximum Gasteiger partial charge on any atom is 0.353 e. The van der Waals surface area contributed by atoms with Gasteiger partial charge in [0.15, 0.2) is 9.84 Å². The summed E-state index contributed by atoms with van der Waals surface area (Å²) in [5.41, 5.74) is 17.1. The summed E-state index contributed by atoms with van der Waals surface area (Å²) in [6.45, 7) is 27.0. The summed E-state index contributed by atoms with van der Waals surface area (Å²) in [4.78, 5) is 53.8. The second-order valence-electron chi connectivity index (χ2n) is 23.2. The Hall–Kier alpha value is -6.34. The zero-order valence-corrected chi connectivity index (χ0v) is 62.0. The summed E-state index contributed by atoms with van der Waals surface area (Å²) in [5, 5.41) is 20.4. The molecule has 0 radical (unpaired) electrons. The highest BCUT2D eigenvalue weighted by Gasteiger charge is 2.35. The lowest BCUT2D eigenvalue weighted by Crippen LogP contribution is -2.29. The first-order chi connectivity index (χ1) is 43.6. The quantitative estimate of drug-likeness (QED) is 0.0625. The molecule has 0 atom stereocenters. The summed E-state index contributed by atoms with van der Waals surface area (Å²) in [6.07, 6.45) is 8.91. The van der Waals surface area contributed by atoms with Gasteiger partial charge in [0.25, 0.3) is 26.8 Å². The van der Waals surface area contributed by atoms with E-state index in [1.54, 1.807) is 98.0 Å². The average Bonchev–Trinajstić information content (AvgIpc) is 1.63. The van der Waals surface area contributed by atoms with Crippen molar-refractivity contribution in [1.82, 2.24) is 38.3 Å². The van der Waals surface area contributed by atoms with Crippen LogP contribution in [0.15, 0.2) is 58.3 Å². The number of benzene rings is 2. The van der Waals surface area contributed by atoms with E-state index in [0.717, 1.165) is 96.8 Å². The Balaban J connectivity index is 0.00000117. The molecule has 8 heterocycles.